The Kier molecular flexibility index (Phi) is 2.45. The molecular formula is C8H11ClN6. The number of imidazole rings is 1. The van der Waals surface area contributed by atoms with Gasteiger partial charge in [-0.15, -0.1) is 12.4 Å². The van der Waals surface area contributed by atoms with Crippen LogP contribution in [0.1, 0.15) is 6.04 Å². The smallest absolute Gasteiger partial charge is 0.165 e. The number of hydrogen-bond donors (Lipinski definition) is 2. The van der Waals surface area contributed by atoms with Gasteiger partial charge in [0.05, 0.1) is 12.4 Å². The van der Waals surface area contributed by atoms with Crippen molar-refractivity contribution >= 4 is 29.4 Å². The molecule has 0 spiro atoms. The fourth-order valence-corrected chi connectivity index (χ4v) is 1.61. The van der Waals surface area contributed by atoms with Gasteiger partial charge in [0.2, 0.25) is 0 Å². The molecule has 0 bridgehead atoms. The van der Waals surface area contributed by atoms with Crippen molar-refractivity contribution in [3.05, 3.63) is 12.7 Å². The van der Waals surface area contributed by atoms with Crippen LogP contribution in [0, 0.1) is 0 Å². The highest BCUT2D eigenvalue weighted by atomic mass is 35.5. The molecule has 0 aromatic carbocycles. The number of hydrogen-bond acceptors (Lipinski definition) is 5. The summed E-state index contributed by atoms with van der Waals surface area (Å²) >= 11 is 0. The average Bonchev–Trinajstić information content (AvgIpc) is 2.48. The highest BCUT2D eigenvalue weighted by Crippen LogP contribution is 2.20. The van der Waals surface area contributed by atoms with Gasteiger partial charge in [-0.05, 0) is 0 Å². The third-order valence-corrected chi connectivity index (χ3v) is 2.54. The van der Waals surface area contributed by atoms with Gasteiger partial charge in [-0.25, -0.2) is 15.0 Å². The molecule has 1 aliphatic rings. The summed E-state index contributed by atoms with van der Waals surface area (Å²) in [7, 11) is 0. The molecule has 2 aromatic rings. The van der Waals surface area contributed by atoms with Gasteiger partial charge >= 0.3 is 0 Å². The van der Waals surface area contributed by atoms with Gasteiger partial charge in [0, 0.05) is 13.1 Å². The molecule has 0 amide bonds. The summed E-state index contributed by atoms with van der Waals surface area (Å²) in [5, 5.41) is 3.21. The molecule has 3 heterocycles. The van der Waals surface area contributed by atoms with Crippen LogP contribution >= 0.6 is 12.4 Å². The third kappa shape index (κ3) is 1.42. The fraction of sp³-hybridized carbons (Fsp3) is 0.375. The number of rotatable bonds is 1. The molecular weight excluding hydrogens is 216 g/mol. The average molecular weight is 227 g/mol. The molecule has 15 heavy (non-hydrogen) atoms. The van der Waals surface area contributed by atoms with E-state index in [1.165, 1.54) is 6.33 Å². The molecule has 1 saturated heterocycles. The lowest BCUT2D eigenvalue weighted by Crippen LogP contribution is -2.43. The van der Waals surface area contributed by atoms with E-state index < -0.39 is 0 Å². The first kappa shape index (κ1) is 10.1. The number of nitrogens with two attached hydrogens (primary N) is 1. The van der Waals surface area contributed by atoms with Crippen molar-refractivity contribution in [2.75, 3.05) is 18.8 Å². The molecule has 0 atom stereocenters. The van der Waals surface area contributed by atoms with E-state index >= 15 is 0 Å². The standard InChI is InChI=1S/C8H10N6.ClH/c9-7-6-8(12-3-11-7)14(4-13-6)5-1-10-2-5;/h3-5,10H,1-2H2,(H2,9,11,12);1H. The van der Waals surface area contributed by atoms with Gasteiger partial charge in [-0.3, -0.25) is 0 Å². The van der Waals surface area contributed by atoms with Gasteiger partial charge in [0.25, 0.3) is 0 Å². The number of nitrogens with one attached hydrogen (secondary N) is 1. The lowest BCUT2D eigenvalue weighted by molar-refractivity contribution is 0.349. The summed E-state index contributed by atoms with van der Waals surface area (Å²) in [5.41, 5.74) is 7.20. The van der Waals surface area contributed by atoms with Gasteiger partial charge < -0.3 is 15.6 Å². The molecule has 6 nitrogen and oxygen atoms in total. The maximum absolute atomic E-state index is 5.69. The number of aromatic nitrogens is 4. The minimum Gasteiger partial charge on any atom is -0.382 e. The van der Waals surface area contributed by atoms with Crippen LogP contribution in [-0.2, 0) is 0 Å². The summed E-state index contributed by atoms with van der Waals surface area (Å²) < 4.78 is 2.05. The molecule has 2 aromatic heterocycles. The Morgan fingerprint density at radius 2 is 2.13 bits per heavy atom. The minimum absolute atomic E-state index is 0. The normalized spacial score (nSPS) is 16.0. The molecule has 1 aliphatic heterocycles. The zero-order valence-electron chi connectivity index (χ0n) is 7.92. The van der Waals surface area contributed by atoms with Gasteiger partial charge in [0.1, 0.15) is 11.8 Å². The van der Waals surface area contributed by atoms with E-state index in [0.717, 1.165) is 18.7 Å². The van der Waals surface area contributed by atoms with Gasteiger partial charge in [-0.2, -0.15) is 0 Å². The first-order valence-electron chi connectivity index (χ1n) is 4.50. The van der Waals surface area contributed by atoms with Crippen LogP contribution in [-0.4, -0.2) is 32.6 Å². The Bertz CT molecular complexity index is 477. The summed E-state index contributed by atoms with van der Waals surface area (Å²) in [6.45, 7) is 1.94. The lowest BCUT2D eigenvalue weighted by atomic mass is 10.2. The highest BCUT2D eigenvalue weighted by Gasteiger charge is 2.21. The summed E-state index contributed by atoms with van der Waals surface area (Å²) in [6, 6.07) is 0.453. The van der Waals surface area contributed by atoms with E-state index in [1.807, 2.05) is 4.57 Å². The van der Waals surface area contributed by atoms with Crippen molar-refractivity contribution in [2.24, 2.45) is 0 Å². The van der Waals surface area contributed by atoms with Crippen molar-refractivity contribution < 1.29 is 0 Å². The minimum atomic E-state index is 0. The second-order valence-electron chi connectivity index (χ2n) is 3.40. The van der Waals surface area contributed by atoms with Crippen molar-refractivity contribution in [1.29, 1.82) is 0 Å². The molecule has 0 aliphatic carbocycles. The second kappa shape index (κ2) is 3.63. The maximum atomic E-state index is 5.69. The summed E-state index contributed by atoms with van der Waals surface area (Å²) in [4.78, 5) is 12.3. The highest BCUT2D eigenvalue weighted by molar-refractivity contribution is 5.85. The molecule has 1 fully saturated rings. The Labute approximate surface area is 92.3 Å². The molecule has 80 valence electrons. The number of halogens is 1. The Hall–Kier alpha value is -1.40. The van der Waals surface area contributed by atoms with E-state index in [4.69, 9.17) is 5.73 Å². The van der Waals surface area contributed by atoms with Gasteiger partial charge in [0.15, 0.2) is 11.5 Å². The molecule has 0 radical (unpaired) electrons. The van der Waals surface area contributed by atoms with E-state index in [2.05, 4.69) is 20.3 Å². The predicted molar refractivity (Wildman–Crippen MR) is 58.9 cm³/mol. The van der Waals surface area contributed by atoms with Crippen LogP contribution in [0.25, 0.3) is 11.2 Å². The number of nitrogen functional groups attached to an aromatic ring is 1. The van der Waals surface area contributed by atoms with Crippen LogP contribution < -0.4 is 11.1 Å². The van der Waals surface area contributed by atoms with Crippen LogP contribution in [0.2, 0.25) is 0 Å². The van der Waals surface area contributed by atoms with E-state index in [9.17, 15) is 0 Å². The lowest BCUT2D eigenvalue weighted by Gasteiger charge is -2.28. The van der Waals surface area contributed by atoms with Gasteiger partial charge in [-0.1, -0.05) is 0 Å². The van der Waals surface area contributed by atoms with Crippen LogP contribution in [0.4, 0.5) is 5.82 Å². The maximum Gasteiger partial charge on any atom is 0.165 e. The van der Waals surface area contributed by atoms with Crippen molar-refractivity contribution in [3.8, 4) is 0 Å². The van der Waals surface area contributed by atoms with Crippen molar-refractivity contribution in [3.63, 3.8) is 0 Å². The van der Waals surface area contributed by atoms with E-state index in [0.29, 0.717) is 17.4 Å². The zero-order valence-corrected chi connectivity index (χ0v) is 8.74. The number of fused-ring (bicyclic) bond motifs is 1. The van der Waals surface area contributed by atoms with Crippen LogP contribution in [0.15, 0.2) is 12.7 Å². The SMILES string of the molecule is Cl.Nc1ncnc2c1ncn2C1CNC1. The second-order valence-corrected chi connectivity index (χ2v) is 3.40. The Morgan fingerprint density at radius 1 is 1.33 bits per heavy atom. The summed E-state index contributed by atoms with van der Waals surface area (Å²) in [5.74, 6) is 0.445. The quantitative estimate of drug-likeness (QED) is 0.714. The fourth-order valence-electron chi connectivity index (χ4n) is 1.61. The summed E-state index contributed by atoms with van der Waals surface area (Å²) in [6.07, 6.45) is 3.25. The molecule has 3 N–H and O–H groups in total. The van der Waals surface area contributed by atoms with Crippen LogP contribution in [0.5, 0.6) is 0 Å². The molecule has 0 saturated carbocycles. The van der Waals surface area contributed by atoms with Crippen molar-refractivity contribution in [1.82, 2.24) is 24.8 Å². The Morgan fingerprint density at radius 3 is 2.80 bits per heavy atom. The number of nitrogens with zero attached hydrogens (tertiary/aromatic N) is 4. The first-order valence-corrected chi connectivity index (χ1v) is 4.50. The zero-order chi connectivity index (χ0) is 9.54. The third-order valence-electron chi connectivity index (χ3n) is 2.54. The largest absolute Gasteiger partial charge is 0.382 e. The predicted octanol–water partition coefficient (Wildman–Crippen LogP) is -0.0254. The van der Waals surface area contributed by atoms with Crippen molar-refractivity contribution in [2.45, 2.75) is 6.04 Å². The Balaban J connectivity index is 0.000000853. The van der Waals surface area contributed by atoms with E-state index in [-0.39, 0.29) is 12.4 Å². The topological polar surface area (TPSA) is 81.7 Å². The van der Waals surface area contributed by atoms with Crippen LogP contribution in [0.3, 0.4) is 0 Å². The first-order chi connectivity index (χ1) is 6.86. The monoisotopic (exact) mass is 226 g/mol. The molecule has 3 rings (SSSR count). The van der Waals surface area contributed by atoms with E-state index in [1.54, 1.807) is 6.33 Å². The number of anilines is 1. The molecule has 7 heteroatoms. The molecule has 0 unspecified atom stereocenters.